The van der Waals surface area contributed by atoms with Crippen molar-refractivity contribution in [2.24, 2.45) is 0 Å². The molecule has 5 rings (SSSR count). The minimum absolute atomic E-state index is 0.0767. The van der Waals surface area contributed by atoms with Gasteiger partial charge in [0.1, 0.15) is 23.7 Å². The topological polar surface area (TPSA) is 104 Å². The third-order valence-corrected chi connectivity index (χ3v) is 6.64. The first-order valence-electron chi connectivity index (χ1n) is 12.1. The molecule has 0 saturated carbocycles. The average Bonchev–Trinajstić information content (AvgIpc) is 2.88. The van der Waals surface area contributed by atoms with Crippen LogP contribution in [0.15, 0.2) is 48.8 Å². The third-order valence-electron chi connectivity index (χ3n) is 6.64. The van der Waals surface area contributed by atoms with Crippen LogP contribution >= 0.6 is 0 Å². The summed E-state index contributed by atoms with van der Waals surface area (Å²) in [6.45, 7) is 4.88. The second-order valence-electron chi connectivity index (χ2n) is 9.16. The molecule has 1 unspecified atom stereocenters. The van der Waals surface area contributed by atoms with Gasteiger partial charge in [0, 0.05) is 56.4 Å². The number of nitriles is 1. The maximum atomic E-state index is 9.69. The van der Waals surface area contributed by atoms with E-state index in [0.29, 0.717) is 49.9 Å². The number of nitrogens with zero attached hydrogens (tertiary/aromatic N) is 5. The van der Waals surface area contributed by atoms with Crippen molar-refractivity contribution in [2.75, 3.05) is 26.3 Å². The molecule has 0 radical (unpaired) electrons. The van der Waals surface area contributed by atoms with E-state index in [-0.39, 0.29) is 18.2 Å². The zero-order valence-corrected chi connectivity index (χ0v) is 19.8. The first-order chi connectivity index (χ1) is 17.1. The number of benzene rings is 1. The number of β-amino-alcohol motifs (C(OH)–C–C–N with tert-alkyl or cyclic N) is 1. The van der Waals surface area contributed by atoms with E-state index in [1.165, 1.54) is 0 Å². The van der Waals surface area contributed by atoms with Crippen LogP contribution in [0.25, 0.3) is 11.3 Å². The van der Waals surface area contributed by atoms with Crippen molar-refractivity contribution in [3.63, 3.8) is 0 Å². The molecule has 8 nitrogen and oxygen atoms in total. The standard InChI is InChI=1S/C27H29N5O3/c1-18(32-16-22(33)17-32)24-4-2-19(15-30-24)12-27-29-9-6-25(31-27)20-3-5-26(21(13-20)14-28)35-23-7-10-34-11-8-23/h2-6,9,13,15,18,22-23,33H,7-8,10-12,16-17H2,1H3. The fourth-order valence-corrected chi connectivity index (χ4v) is 4.46. The van der Waals surface area contributed by atoms with Crippen molar-refractivity contribution >= 4 is 0 Å². The van der Waals surface area contributed by atoms with E-state index in [0.717, 1.165) is 35.4 Å². The Hall–Kier alpha value is -3.38. The van der Waals surface area contributed by atoms with E-state index in [9.17, 15) is 10.4 Å². The number of likely N-dealkylation sites (tertiary alicyclic amines) is 1. The van der Waals surface area contributed by atoms with Gasteiger partial charge in [0.05, 0.1) is 36.3 Å². The van der Waals surface area contributed by atoms with Crippen molar-refractivity contribution in [3.8, 4) is 23.1 Å². The third kappa shape index (κ3) is 5.49. The number of aromatic nitrogens is 3. The minimum atomic E-state index is -0.221. The Bertz CT molecular complexity index is 1200. The number of hydrogen-bond donors (Lipinski definition) is 1. The normalized spacial score (nSPS) is 18.0. The second-order valence-corrected chi connectivity index (χ2v) is 9.16. The Kier molecular flexibility index (Phi) is 7.00. The van der Waals surface area contributed by atoms with Gasteiger partial charge in [0.15, 0.2) is 0 Å². The summed E-state index contributed by atoms with van der Waals surface area (Å²) < 4.78 is 11.5. The molecule has 180 valence electrons. The van der Waals surface area contributed by atoms with Crippen LogP contribution in [0, 0.1) is 11.3 Å². The minimum Gasteiger partial charge on any atom is -0.489 e. The Labute approximate surface area is 205 Å². The van der Waals surface area contributed by atoms with Crippen molar-refractivity contribution in [1.29, 1.82) is 5.26 Å². The van der Waals surface area contributed by atoms with Gasteiger partial charge in [-0.3, -0.25) is 9.88 Å². The fourth-order valence-electron chi connectivity index (χ4n) is 4.46. The Morgan fingerprint density at radius 1 is 1.17 bits per heavy atom. The molecule has 2 aliphatic rings. The molecule has 0 spiro atoms. The van der Waals surface area contributed by atoms with Gasteiger partial charge in [0.2, 0.25) is 0 Å². The van der Waals surface area contributed by atoms with E-state index in [1.54, 1.807) is 6.20 Å². The van der Waals surface area contributed by atoms with E-state index < -0.39 is 0 Å². The molecular weight excluding hydrogens is 442 g/mol. The van der Waals surface area contributed by atoms with Crippen molar-refractivity contribution in [3.05, 3.63) is 71.4 Å². The van der Waals surface area contributed by atoms with Gasteiger partial charge in [-0.1, -0.05) is 6.07 Å². The summed E-state index contributed by atoms with van der Waals surface area (Å²) in [5.74, 6) is 1.29. The first-order valence-corrected chi connectivity index (χ1v) is 12.1. The van der Waals surface area contributed by atoms with E-state index in [4.69, 9.17) is 14.5 Å². The number of hydrogen-bond acceptors (Lipinski definition) is 8. The molecule has 2 aromatic heterocycles. The van der Waals surface area contributed by atoms with E-state index in [2.05, 4.69) is 33.9 Å². The highest BCUT2D eigenvalue weighted by Gasteiger charge is 2.29. The lowest BCUT2D eigenvalue weighted by atomic mass is 10.0. The van der Waals surface area contributed by atoms with Crippen molar-refractivity contribution in [2.45, 2.75) is 44.4 Å². The van der Waals surface area contributed by atoms with E-state index in [1.807, 2.05) is 36.5 Å². The summed E-state index contributed by atoms with van der Waals surface area (Å²) >= 11 is 0. The molecule has 1 atom stereocenters. The van der Waals surface area contributed by atoms with Crippen LogP contribution in [0.2, 0.25) is 0 Å². The molecule has 4 heterocycles. The molecule has 1 N–H and O–H groups in total. The average molecular weight is 472 g/mol. The van der Waals surface area contributed by atoms with Gasteiger partial charge in [-0.25, -0.2) is 9.97 Å². The molecule has 1 aromatic carbocycles. The predicted octanol–water partition coefficient (Wildman–Crippen LogP) is 3.30. The summed E-state index contributed by atoms with van der Waals surface area (Å²) in [5.41, 5.74) is 4.13. The quantitative estimate of drug-likeness (QED) is 0.560. The van der Waals surface area contributed by atoms with Gasteiger partial charge in [-0.15, -0.1) is 0 Å². The summed E-state index contributed by atoms with van der Waals surface area (Å²) in [4.78, 5) is 16.0. The summed E-state index contributed by atoms with van der Waals surface area (Å²) in [6.07, 6.45) is 5.70. The van der Waals surface area contributed by atoms with Crippen molar-refractivity contribution in [1.82, 2.24) is 19.9 Å². The van der Waals surface area contributed by atoms with Crippen LogP contribution in [0.1, 0.15) is 48.5 Å². The Balaban J connectivity index is 1.27. The van der Waals surface area contributed by atoms with Crippen LogP contribution in [-0.4, -0.2) is 63.5 Å². The number of aliphatic hydroxyl groups excluding tert-OH is 1. The Morgan fingerprint density at radius 3 is 2.71 bits per heavy atom. The second kappa shape index (κ2) is 10.5. The molecule has 8 heteroatoms. The monoisotopic (exact) mass is 471 g/mol. The van der Waals surface area contributed by atoms with E-state index >= 15 is 0 Å². The largest absolute Gasteiger partial charge is 0.489 e. The number of rotatable bonds is 7. The van der Waals surface area contributed by atoms with Crippen LogP contribution in [0.5, 0.6) is 5.75 Å². The maximum Gasteiger partial charge on any atom is 0.137 e. The lowest BCUT2D eigenvalue weighted by Gasteiger charge is -2.40. The molecule has 2 aliphatic heterocycles. The molecular formula is C27H29N5O3. The van der Waals surface area contributed by atoms with Crippen LogP contribution in [-0.2, 0) is 11.2 Å². The number of ether oxygens (including phenoxy) is 2. The molecule has 0 amide bonds. The predicted molar refractivity (Wildman–Crippen MR) is 130 cm³/mol. The van der Waals surface area contributed by atoms with Gasteiger partial charge in [-0.2, -0.15) is 5.26 Å². The molecule has 35 heavy (non-hydrogen) atoms. The molecule has 2 saturated heterocycles. The number of aliphatic hydroxyl groups is 1. The molecule has 2 fully saturated rings. The lowest BCUT2D eigenvalue weighted by Crippen LogP contribution is -2.51. The zero-order valence-electron chi connectivity index (χ0n) is 19.8. The Morgan fingerprint density at radius 2 is 2.00 bits per heavy atom. The summed E-state index contributed by atoms with van der Waals surface area (Å²) in [6, 6.07) is 14.0. The summed E-state index contributed by atoms with van der Waals surface area (Å²) in [7, 11) is 0. The van der Waals surface area contributed by atoms with Crippen LogP contribution in [0.4, 0.5) is 0 Å². The molecule has 3 aromatic rings. The van der Waals surface area contributed by atoms with Crippen molar-refractivity contribution < 1.29 is 14.6 Å². The highest BCUT2D eigenvalue weighted by Crippen LogP contribution is 2.28. The molecule has 0 bridgehead atoms. The maximum absolute atomic E-state index is 9.69. The first kappa shape index (κ1) is 23.4. The van der Waals surface area contributed by atoms with Gasteiger partial charge in [0.25, 0.3) is 0 Å². The highest BCUT2D eigenvalue weighted by atomic mass is 16.5. The molecule has 0 aliphatic carbocycles. The fraction of sp³-hybridized carbons (Fsp3) is 0.407. The smallest absolute Gasteiger partial charge is 0.137 e. The van der Waals surface area contributed by atoms with Gasteiger partial charge in [-0.05, 0) is 42.8 Å². The van der Waals surface area contributed by atoms with Crippen LogP contribution < -0.4 is 4.74 Å². The highest BCUT2D eigenvalue weighted by molar-refractivity contribution is 5.64. The zero-order chi connectivity index (χ0) is 24.2. The van der Waals surface area contributed by atoms with Gasteiger partial charge < -0.3 is 14.6 Å². The summed E-state index contributed by atoms with van der Waals surface area (Å²) in [5, 5.41) is 19.2. The van der Waals surface area contributed by atoms with Crippen LogP contribution in [0.3, 0.4) is 0 Å². The lowest BCUT2D eigenvalue weighted by molar-refractivity contribution is -0.0220. The SMILES string of the molecule is CC(c1ccc(Cc2nccc(-c3ccc(OC4CCOCC4)c(C#N)c3)n2)cn1)N1CC(O)C1. The number of pyridine rings is 1. The van der Waals surface area contributed by atoms with Gasteiger partial charge >= 0.3 is 0 Å².